The van der Waals surface area contributed by atoms with Gasteiger partial charge in [-0.15, -0.1) is 0 Å². The van der Waals surface area contributed by atoms with Crippen molar-refractivity contribution in [1.29, 1.82) is 0 Å². The van der Waals surface area contributed by atoms with Crippen LogP contribution in [0.1, 0.15) is 44.6 Å². The summed E-state index contributed by atoms with van der Waals surface area (Å²) in [6.07, 6.45) is 0.532. The Kier molecular flexibility index (Phi) is 4.76. The molecule has 0 N–H and O–H groups in total. The van der Waals surface area contributed by atoms with E-state index in [1.165, 1.54) is 29.2 Å². The SMILES string of the molecule is CC1(C)CC(=O)C2=C(C1)N(c1ccccc1[N+](=O)[O-])C(=O)CC2c1ccccc1F. The van der Waals surface area contributed by atoms with Gasteiger partial charge in [-0.1, -0.05) is 44.2 Å². The number of anilines is 1. The summed E-state index contributed by atoms with van der Waals surface area (Å²) in [5.74, 6) is -1.71. The third-order valence-electron chi connectivity index (χ3n) is 5.74. The first kappa shape index (κ1) is 19.9. The lowest BCUT2D eigenvalue weighted by molar-refractivity contribution is -0.384. The second-order valence-corrected chi connectivity index (χ2v) is 8.55. The molecule has 2 aromatic rings. The van der Waals surface area contributed by atoms with Crippen molar-refractivity contribution in [3.8, 4) is 0 Å². The molecule has 2 aliphatic rings. The first-order valence-electron chi connectivity index (χ1n) is 9.76. The average molecular weight is 408 g/mol. The lowest BCUT2D eigenvalue weighted by Crippen LogP contribution is -2.44. The molecule has 1 amide bonds. The Morgan fingerprint density at radius 3 is 2.43 bits per heavy atom. The van der Waals surface area contributed by atoms with Crippen molar-refractivity contribution in [2.45, 2.75) is 39.0 Å². The highest BCUT2D eigenvalue weighted by Crippen LogP contribution is 2.49. The van der Waals surface area contributed by atoms with E-state index in [1.54, 1.807) is 24.3 Å². The van der Waals surface area contributed by atoms with Gasteiger partial charge >= 0.3 is 0 Å². The third kappa shape index (κ3) is 3.30. The Morgan fingerprint density at radius 2 is 1.73 bits per heavy atom. The van der Waals surface area contributed by atoms with Crippen molar-refractivity contribution in [3.05, 3.63) is 81.3 Å². The molecular weight excluding hydrogens is 387 g/mol. The molecule has 1 aliphatic heterocycles. The van der Waals surface area contributed by atoms with E-state index in [9.17, 15) is 24.1 Å². The van der Waals surface area contributed by atoms with Gasteiger partial charge in [0, 0.05) is 36.1 Å². The summed E-state index contributed by atoms with van der Waals surface area (Å²) in [6, 6.07) is 12.1. The van der Waals surface area contributed by atoms with Gasteiger partial charge in [0.05, 0.1) is 4.92 Å². The highest BCUT2D eigenvalue weighted by molar-refractivity contribution is 6.08. The summed E-state index contributed by atoms with van der Waals surface area (Å²) < 4.78 is 14.6. The van der Waals surface area contributed by atoms with Gasteiger partial charge in [-0.3, -0.25) is 24.6 Å². The zero-order valence-electron chi connectivity index (χ0n) is 16.7. The van der Waals surface area contributed by atoms with E-state index in [2.05, 4.69) is 0 Å². The van der Waals surface area contributed by atoms with Gasteiger partial charge in [-0.25, -0.2) is 4.39 Å². The Morgan fingerprint density at radius 1 is 1.07 bits per heavy atom. The summed E-state index contributed by atoms with van der Waals surface area (Å²) in [4.78, 5) is 38.8. The fraction of sp³-hybridized carbons (Fsp3) is 0.304. The zero-order chi connectivity index (χ0) is 21.6. The normalized spacial score (nSPS) is 20.9. The quantitative estimate of drug-likeness (QED) is 0.535. The van der Waals surface area contributed by atoms with Crippen molar-refractivity contribution in [1.82, 2.24) is 0 Å². The molecule has 0 saturated heterocycles. The molecule has 1 heterocycles. The van der Waals surface area contributed by atoms with E-state index in [0.29, 0.717) is 23.3 Å². The number of carbonyl (C=O) groups excluding carboxylic acids is 2. The van der Waals surface area contributed by atoms with Crippen molar-refractivity contribution >= 4 is 23.1 Å². The number of rotatable bonds is 3. The van der Waals surface area contributed by atoms with Gasteiger partial charge in [0.25, 0.3) is 5.69 Å². The van der Waals surface area contributed by atoms with E-state index in [1.807, 2.05) is 13.8 Å². The van der Waals surface area contributed by atoms with Crippen LogP contribution in [0.3, 0.4) is 0 Å². The second-order valence-electron chi connectivity index (χ2n) is 8.55. The minimum atomic E-state index is -0.698. The standard InChI is InChI=1S/C23H21FN2O4/c1-23(2)12-19-22(20(27)13-23)15(14-7-3-4-8-16(14)24)11-21(28)25(19)17-9-5-6-10-18(17)26(29)30/h3-10,15H,11-13H2,1-2H3. The van der Waals surface area contributed by atoms with Crippen LogP contribution in [-0.2, 0) is 9.59 Å². The number of benzene rings is 2. The van der Waals surface area contributed by atoms with Crippen molar-refractivity contribution in [2.24, 2.45) is 5.41 Å². The molecule has 1 atom stereocenters. The Balaban J connectivity index is 1.96. The number of halogens is 1. The molecule has 7 heteroatoms. The Bertz CT molecular complexity index is 1110. The fourth-order valence-electron chi connectivity index (χ4n) is 4.53. The van der Waals surface area contributed by atoms with Gasteiger partial charge in [-0.2, -0.15) is 0 Å². The number of carbonyl (C=O) groups is 2. The highest BCUT2D eigenvalue weighted by Gasteiger charge is 2.45. The summed E-state index contributed by atoms with van der Waals surface area (Å²) in [5, 5.41) is 11.6. The van der Waals surface area contributed by atoms with Crippen molar-refractivity contribution < 1.29 is 18.9 Å². The molecule has 2 aromatic carbocycles. The molecule has 154 valence electrons. The first-order valence-corrected chi connectivity index (χ1v) is 9.76. The summed E-state index contributed by atoms with van der Waals surface area (Å²) >= 11 is 0. The molecule has 4 rings (SSSR count). The molecule has 1 aliphatic carbocycles. The highest BCUT2D eigenvalue weighted by atomic mass is 19.1. The predicted octanol–water partition coefficient (Wildman–Crippen LogP) is 4.90. The van der Waals surface area contributed by atoms with Crippen LogP contribution in [-0.4, -0.2) is 16.6 Å². The number of nitrogens with zero attached hydrogens (tertiary/aromatic N) is 2. The maximum Gasteiger partial charge on any atom is 0.293 e. The van der Waals surface area contributed by atoms with Gasteiger partial charge < -0.3 is 0 Å². The van der Waals surface area contributed by atoms with Crippen LogP contribution in [0.25, 0.3) is 0 Å². The first-order chi connectivity index (χ1) is 14.2. The monoisotopic (exact) mass is 408 g/mol. The van der Waals surface area contributed by atoms with Gasteiger partial charge in [-0.05, 0) is 29.5 Å². The number of hydrogen-bond acceptors (Lipinski definition) is 4. The molecular formula is C23H21FN2O4. The molecule has 6 nitrogen and oxygen atoms in total. The molecule has 0 bridgehead atoms. The number of nitro benzene ring substituents is 1. The van der Waals surface area contributed by atoms with Crippen LogP contribution in [0.15, 0.2) is 59.8 Å². The predicted molar refractivity (Wildman–Crippen MR) is 109 cm³/mol. The van der Waals surface area contributed by atoms with Crippen molar-refractivity contribution in [2.75, 3.05) is 4.90 Å². The lowest BCUT2D eigenvalue weighted by atomic mass is 9.69. The number of para-hydroxylation sites is 2. The molecule has 0 radical (unpaired) electrons. The molecule has 0 saturated carbocycles. The molecule has 0 spiro atoms. The Labute approximate surface area is 173 Å². The average Bonchev–Trinajstić information content (AvgIpc) is 2.66. The maximum absolute atomic E-state index is 14.6. The van der Waals surface area contributed by atoms with Crippen LogP contribution >= 0.6 is 0 Å². The third-order valence-corrected chi connectivity index (χ3v) is 5.74. The zero-order valence-corrected chi connectivity index (χ0v) is 16.7. The maximum atomic E-state index is 14.6. The largest absolute Gasteiger partial charge is 0.294 e. The lowest BCUT2D eigenvalue weighted by Gasteiger charge is -2.42. The second kappa shape index (κ2) is 7.16. The topological polar surface area (TPSA) is 80.5 Å². The number of Topliss-reactive ketones (excluding diaryl/α,β-unsaturated/α-hetero) is 1. The van der Waals surface area contributed by atoms with Crippen LogP contribution in [0.2, 0.25) is 0 Å². The smallest absolute Gasteiger partial charge is 0.293 e. The summed E-state index contributed by atoms with van der Waals surface area (Å²) in [6.45, 7) is 3.84. The van der Waals surface area contributed by atoms with Gasteiger partial charge in [0.15, 0.2) is 5.78 Å². The number of amides is 1. The van der Waals surface area contributed by atoms with Crippen molar-refractivity contribution in [3.63, 3.8) is 0 Å². The van der Waals surface area contributed by atoms with Crippen LogP contribution in [0, 0.1) is 21.3 Å². The molecule has 0 fully saturated rings. The molecule has 30 heavy (non-hydrogen) atoms. The van der Waals surface area contributed by atoms with Crippen LogP contribution < -0.4 is 4.90 Å². The number of allylic oxidation sites excluding steroid dienone is 2. The van der Waals surface area contributed by atoms with E-state index in [0.717, 1.165) is 0 Å². The van der Waals surface area contributed by atoms with E-state index >= 15 is 0 Å². The minimum absolute atomic E-state index is 0.127. The van der Waals surface area contributed by atoms with Gasteiger partial charge in [0.1, 0.15) is 11.5 Å². The molecule has 0 aromatic heterocycles. The number of hydrogen-bond donors (Lipinski definition) is 0. The van der Waals surface area contributed by atoms with Crippen LogP contribution in [0.4, 0.5) is 15.8 Å². The number of ketones is 1. The molecule has 1 unspecified atom stereocenters. The van der Waals surface area contributed by atoms with Crippen LogP contribution in [0.5, 0.6) is 0 Å². The number of nitro groups is 1. The Hall–Kier alpha value is -3.35. The van der Waals surface area contributed by atoms with E-state index < -0.39 is 22.1 Å². The summed E-state index contributed by atoms with van der Waals surface area (Å²) in [7, 11) is 0. The van der Waals surface area contributed by atoms with E-state index in [-0.39, 0.29) is 35.9 Å². The van der Waals surface area contributed by atoms with Gasteiger partial charge in [0.2, 0.25) is 5.91 Å². The van der Waals surface area contributed by atoms with E-state index in [4.69, 9.17) is 0 Å². The summed E-state index contributed by atoms with van der Waals surface area (Å²) in [5.41, 5.74) is 0.631. The minimum Gasteiger partial charge on any atom is -0.294 e. The fourth-order valence-corrected chi connectivity index (χ4v) is 4.53.